The molecular weight excluding hydrogens is 942 g/mol. The van der Waals surface area contributed by atoms with Crippen LogP contribution in [-0.2, 0) is 63.4 Å². The number of allylic oxidation sites excluding steroid dienone is 3. The number of alkyl carbamates (subject to hydrolysis) is 1. The van der Waals surface area contributed by atoms with E-state index in [1.165, 1.54) is 25.0 Å². The predicted molar refractivity (Wildman–Crippen MR) is 240 cm³/mol. The topological polar surface area (TPSA) is 232 Å². The Morgan fingerprint density at radius 1 is 1.02 bits per heavy atom. The zero-order valence-corrected chi connectivity index (χ0v) is 40.3. The number of alkyl halides is 1. The summed E-state index contributed by atoms with van der Waals surface area (Å²) in [5.74, 6) is -1.52. The standard InChI is InChI=1S/C44H65BrClN3O16/c1-28-8-7-9-35(50)44(55)26-34(63-42(54)48-44)29(2)40-43(4,65-40)36(25-38(52)49(5)32-23-31(22-28)24-33(56-6)39(32)46)64-41(53)30(3)62-21-20-61-19-18-60-17-16-59-15-14-58-13-12-57-11-10-47-37(51)27-45/h7-9,23-24,29-30,34-36,40,50,55H,10-22,25-27H2,1-6H3,(H,47,51)(H,48,54)/b9-7+,28-8+/t29-,30+,34+,35-,36+,40+,43+,44+/m1/s1. The quantitative estimate of drug-likeness (QED) is 0.0534. The number of methoxy groups -OCH3 is 1. The zero-order chi connectivity index (χ0) is 47.6. The molecule has 1 aromatic carbocycles. The number of halogens is 2. The van der Waals surface area contributed by atoms with Crippen molar-refractivity contribution in [1.82, 2.24) is 10.6 Å². The lowest BCUT2D eigenvalue weighted by Gasteiger charge is -2.41. The van der Waals surface area contributed by atoms with Crippen molar-refractivity contribution in [3.05, 3.63) is 46.5 Å². The number of carbonyl (C=O) groups is 4. The number of hydrogen-bond donors (Lipinski definition) is 4. The molecule has 65 heavy (non-hydrogen) atoms. The molecule has 366 valence electrons. The Morgan fingerprint density at radius 2 is 1.62 bits per heavy atom. The van der Waals surface area contributed by atoms with Gasteiger partial charge in [-0.25, -0.2) is 9.59 Å². The summed E-state index contributed by atoms with van der Waals surface area (Å²) in [6.07, 6.45) is -1.62. The summed E-state index contributed by atoms with van der Waals surface area (Å²) < 4.78 is 56.5. The first kappa shape index (κ1) is 54.2. The normalized spacial score (nSPS) is 27.6. The minimum absolute atomic E-state index is 0.0637. The summed E-state index contributed by atoms with van der Waals surface area (Å²) in [5, 5.41) is 28.0. The van der Waals surface area contributed by atoms with Gasteiger partial charge in [-0.15, -0.1) is 0 Å². The molecule has 0 radical (unpaired) electrons. The van der Waals surface area contributed by atoms with Crippen LogP contribution in [0.5, 0.6) is 5.75 Å². The number of rotatable bonds is 23. The minimum Gasteiger partial charge on any atom is -0.495 e. The molecule has 2 saturated heterocycles. The van der Waals surface area contributed by atoms with Crippen LogP contribution in [0, 0.1) is 5.92 Å². The van der Waals surface area contributed by atoms with Crippen LogP contribution < -0.4 is 20.3 Å². The number of benzene rings is 1. The second-order valence-corrected chi connectivity index (χ2v) is 17.0. The van der Waals surface area contributed by atoms with Crippen molar-refractivity contribution < 1.29 is 76.8 Å². The molecule has 3 aliphatic rings. The lowest BCUT2D eigenvalue weighted by molar-refractivity contribution is -0.166. The van der Waals surface area contributed by atoms with E-state index in [1.54, 1.807) is 45.2 Å². The van der Waals surface area contributed by atoms with Gasteiger partial charge < -0.3 is 67.8 Å². The highest BCUT2D eigenvalue weighted by Gasteiger charge is 2.64. The third kappa shape index (κ3) is 16.7. The van der Waals surface area contributed by atoms with E-state index in [-0.39, 0.29) is 48.9 Å². The molecule has 0 aliphatic carbocycles. The van der Waals surface area contributed by atoms with Gasteiger partial charge in [-0.2, -0.15) is 0 Å². The molecule has 4 rings (SSSR count). The van der Waals surface area contributed by atoms with E-state index in [0.29, 0.717) is 77.3 Å². The van der Waals surface area contributed by atoms with Gasteiger partial charge in [-0.05, 0) is 44.9 Å². The highest BCUT2D eigenvalue weighted by atomic mass is 79.9. The molecule has 3 heterocycles. The van der Waals surface area contributed by atoms with Crippen molar-refractivity contribution in [2.75, 3.05) is 104 Å². The average molecular weight is 1010 g/mol. The number of aliphatic hydroxyl groups is 2. The summed E-state index contributed by atoms with van der Waals surface area (Å²) in [7, 11) is 3.04. The number of nitrogens with zero attached hydrogens (tertiary/aromatic N) is 1. The van der Waals surface area contributed by atoms with Crippen LogP contribution in [0.1, 0.15) is 46.1 Å². The molecule has 4 bridgehead atoms. The largest absolute Gasteiger partial charge is 0.495 e. The molecule has 0 unspecified atom stereocenters. The highest BCUT2D eigenvalue weighted by Crippen LogP contribution is 2.49. The van der Waals surface area contributed by atoms with Gasteiger partial charge in [0.05, 0.1) is 103 Å². The van der Waals surface area contributed by atoms with Gasteiger partial charge in [0.2, 0.25) is 11.8 Å². The molecule has 3 amide bonds. The Kier molecular flexibility index (Phi) is 22.4. The fourth-order valence-corrected chi connectivity index (χ4v) is 7.73. The molecule has 19 nitrogen and oxygen atoms in total. The zero-order valence-electron chi connectivity index (χ0n) is 38.0. The van der Waals surface area contributed by atoms with Crippen LogP contribution in [0.15, 0.2) is 35.9 Å². The van der Waals surface area contributed by atoms with E-state index in [1.807, 2.05) is 6.92 Å². The SMILES string of the molecule is COc1cc2cc(c1Cl)N(C)C(=O)C[C@H](OC(=O)[C@H](C)OCCOCCOCCOCCOCCOCCNC(=O)CBr)[C@]1(C)O[C@H]1[C@H](C)[C@@H]1C[C@@](O)(NC(=O)O1)[C@H](O)/C=C/C=C(\C)C2. The average Bonchev–Trinajstić information content (AvgIpc) is 3.97. The number of esters is 1. The van der Waals surface area contributed by atoms with Gasteiger partial charge in [0, 0.05) is 25.9 Å². The fourth-order valence-electron chi connectivity index (χ4n) is 7.22. The van der Waals surface area contributed by atoms with E-state index in [0.717, 1.165) is 11.1 Å². The Morgan fingerprint density at radius 3 is 2.22 bits per heavy atom. The summed E-state index contributed by atoms with van der Waals surface area (Å²) in [5.41, 5.74) is -1.30. The summed E-state index contributed by atoms with van der Waals surface area (Å²) in [4.78, 5) is 53.0. The number of aliphatic hydroxyl groups excluding tert-OH is 1. The lowest BCUT2D eigenvalue weighted by Crippen LogP contribution is -2.63. The molecule has 4 N–H and O–H groups in total. The Bertz CT molecular complexity index is 1790. The number of ether oxygens (including phenoxy) is 10. The van der Waals surface area contributed by atoms with Gasteiger partial charge in [0.25, 0.3) is 0 Å². The van der Waals surface area contributed by atoms with Gasteiger partial charge in [0.15, 0.2) is 11.8 Å². The monoisotopic (exact) mass is 1010 g/mol. The number of hydrogen-bond acceptors (Lipinski definition) is 16. The maximum Gasteiger partial charge on any atom is 0.409 e. The van der Waals surface area contributed by atoms with Crippen LogP contribution in [0.25, 0.3) is 0 Å². The van der Waals surface area contributed by atoms with E-state index < -0.39 is 65.7 Å². The second-order valence-electron chi connectivity index (χ2n) is 16.1. The molecule has 0 aromatic heterocycles. The van der Waals surface area contributed by atoms with Crippen LogP contribution >= 0.6 is 27.5 Å². The first-order valence-corrected chi connectivity index (χ1v) is 23.1. The van der Waals surface area contributed by atoms with Crippen LogP contribution in [-0.4, -0.2) is 175 Å². The maximum atomic E-state index is 14.1. The van der Waals surface area contributed by atoms with E-state index in [4.69, 9.17) is 59.0 Å². The van der Waals surface area contributed by atoms with Crippen molar-refractivity contribution in [3.8, 4) is 5.75 Å². The number of carbonyl (C=O) groups excluding carboxylic acids is 4. The minimum atomic E-state index is -2.06. The smallest absolute Gasteiger partial charge is 0.409 e. The van der Waals surface area contributed by atoms with Gasteiger partial charge >= 0.3 is 12.1 Å². The van der Waals surface area contributed by atoms with E-state index in [9.17, 15) is 29.4 Å². The van der Waals surface area contributed by atoms with Gasteiger partial charge in [-0.1, -0.05) is 58.3 Å². The third-order valence-corrected chi connectivity index (χ3v) is 12.0. The van der Waals surface area contributed by atoms with Crippen molar-refractivity contribution in [2.24, 2.45) is 5.92 Å². The molecule has 0 saturated carbocycles. The lowest BCUT2D eigenvalue weighted by atomic mass is 9.83. The first-order valence-electron chi connectivity index (χ1n) is 21.6. The Hall–Kier alpha value is -3.41. The molecule has 21 heteroatoms. The number of nitrogens with one attached hydrogen (secondary N) is 2. The van der Waals surface area contributed by atoms with Crippen LogP contribution in [0.2, 0.25) is 5.02 Å². The molecule has 1 aromatic rings. The fraction of sp³-hybridized carbons (Fsp3) is 0.682. The maximum absolute atomic E-state index is 14.1. The number of fused-ring (bicyclic) bond motifs is 5. The first-order chi connectivity index (χ1) is 31.0. The Labute approximate surface area is 393 Å². The third-order valence-electron chi connectivity index (χ3n) is 11.1. The van der Waals surface area contributed by atoms with Crippen molar-refractivity contribution in [1.29, 1.82) is 0 Å². The van der Waals surface area contributed by atoms with Crippen LogP contribution in [0.4, 0.5) is 10.5 Å². The van der Waals surface area contributed by atoms with Gasteiger partial charge in [-0.3, -0.25) is 14.9 Å². The van der Waals surface area contributed by atoms with Crippen molar-refractivity contribution in [2.45, 2.75) is 88.8 Å². The van der Waals surface area contributed by atoms with Crippen molar-refractivity contribution in [3.63, 3.8) is 0 Å². The summed E-state index contributed by atoms with van der Waals surface area (Å²) in [6, 6.07) is 3.53. The Balaban J connectivity index is 1.29. The van der Waals surface area contributed by atoms with Crippen LogP contribution in [0.3, 0.4) is 0 Å². The molecule has 3 aliphatic heterocycles. The number of anilines is 1. The van der Waals surface area contributed by atoms with E-state index >= 15 is 0 Å². The van der Waals surface area contributed by atoms with E-state index in [2.05, 4.69) is 26.6 Å². The molecule has 8 atom stereocenters. The number of epoxide rings is 1. The number of amides is 3. The van der Waals surface area contributed by atoms with Gasteiger partial charge in [0.1, 0.15) is 34.7 Å². The summed E-state index contributed by atoms with van der Waals surface area (Å²) >= 11 is 9.83. The molecule has 0 spiro atoms. The highest BCUT2D eigenvalue weighted by molar-refractivity contribution is 9.09. The molecule has 2 fully saturated rings. The van der Waals surface area contributed by atoms with Crippen molar-refractivity contribution >= 4 is 57.1 Å². The predicted octanol–water partition coefficient (Wildman–Crippen LogP) is 3.01. The molecular formula is C44H65BrClN3O16. The summed E-state index contributed by atoms with van der Waals surface area (Å²) in [6.45, 7) is 10.9. The second kappa shape index (κ2) is 26.8.